The van der Waals surface area contributed by atoms with Crippen LogP contribution in [0.15, 0.2) is 66.0 Å². The maximum atomic E-state index is 13.1. The lowest BCUT2D eigenvalue weighted by Gasteiger charge is -2.34. The summed E-state index contributed by atoms with van der Waals surface area (Å²) in [6.45, 7) is 2.87. The Morgan fingerprint density at radius 2 is 1.61 bits per heavy atom. The third kappa shape index (κ3) is 7.20. The Hall–Kier alpha value is -3.23. The summed E-state index contributed by atoms with van der Waals surface area (Å²) >= 11 is 1.52. The Kier molecular flexibility index (Phi) is 9.04. The summed E-state index contributed by atoms with van der Waals surface area (Å²) in [5, 5.41) is 9.47. The molecule has 8 heteroatoms. The van der Waals surface area contributed by atoms with Crippen molar-refractivity contribution >= 4 is 28.3 Å². The van der Waals surface area contributed by atoms with Gasteiger partial charge in [0.2, 0.25) is 5.91 Å². The topological polar surface area (TPSA) is 77.6 Å². The van der Waals surface area contributed by atoms with Gasteiger partial charge in [0.1, 0.15) is 5.69 Å². The van der Waals surface area contributed by atoms with Gasteiger partial charge in [-0.2, -0.15) is 0 Å². The number of hydrogen-bond donors (Lipinski definition) is 2. The molecule has 5 rings (SSSR count). The minimum absolute atomic E-state index is 0.00694. The lowest BCUT2D eigenvalue weighted by atomic mass is 9.96. The zero-order valence-corrected chi connectivity index (χ0v) is 22.7. The number of amides is 2. The smallest absolute Gasteiger partial charge is 0.273 e. The quantitative estimate of drug-likeness (QED) is 0.417. The summed E-state index contributed by atoms with van der Waals surface area (Å²) in [5.41, 5.74) is 2.81. The largest absolute Gasteiger partial charge is 0.359 e. The third-order valence-corrected chi connectivity index (χ3v) is 8.28. The predicted octanol–water partition coefficient (Wildman–Crippen LogP) is 4.75. The van der Waals surface area contributed by atoms with Gasteiger partial charge < -0.3 is 15.5 Å². The van der Waals surface area contributed by atoms with E-state index in [0.29, 0.717) is 44.5 Å². The first-order valence-electron chi connectivity index (χ1n) is 13.8. The van der Waals surface area contributed by atoms with Crippen molar-refractivity contribution in [1.82, 2.24) is 20.1 Å². The van der Waals surface area contributed by atoms with Gasteiger partial charge in [-0.05, 0) is 30.4 Å². The molecule has 2 aliphatic rings. The molecule has 2 fully saturated rings. The van der Waals surface area contributed by atoms with Crippen molar-refractivity contribution in [2.75, 3.05) is 38.0 Å². The Labute approximate surface area is 229 Å². The van der Waals surface area contributed by atoms with E-state index in [4.69, 9.17) is 0 Å². The van der Waals surface area contributed by atoms with Crippen molar-refractivity contribution in [3.8, 4) is 0 Å². The van der Waals surface area contributed by atoms with Crippen LogP contribution in [0.3, 0.4) is 0 Å². The Morgan fingerprint density at radius 3 is 2.32 bits per heavy atom. The van der Waals surface area contributed by atoms with Crippen molar-refractivity contribution in [1.29, 1.82) is 0 Å². The van der Waals surface area contributed by atoms with Gasteiger partial charge >= 0.3 is 0 Å². The third-order valence-electron chi connectivity index (χ3n) is 7.50. The SMILES string of the molecule is O=C(CN1CCN(C(=O)c2csc(NC3CCCCC3)n2)CC1)NC(Cc1ccccc1)c1ccccc1. The van der Waals surface area contributed by atoms with Gasteiger partial charge in [-0.3, -0.25) is 14.5 Å². The van der Waals surface area contributed by atoms with Gasteiger partial charge in [-0.25, -0.2) is 4.98 Å². The summed E-state index contributed by atoms with van der Waals surface area (Å²) in [6, 6.07) is 20.8. The maximum absolute atomic E-state index is 13.1. The summed E-state index contributed by atoms with van der Waals surface area (Å²) in [5.74, 6) is -0.0125. The molecule has 1 saturated heterocycles. The molecule has 1 saturated carbocycles. The highest BCUT2D eigenvalue weighted by Crippen LogP contribution is 2.24. The van der Waals surface area contributed by atoms with Crippen molar-refractivity contribution in [3.05, 3.63) is 82.9 Å². The van der Waals surface area contributed by atoms with Gasteiger partial charge in [0.15, 0.2) is 5.13 Å². The van der Waals surface area contributed by atoms with Gasteiger partial charge in [-0.15, -0.1) is 11.3 Å². The van der Waals surface area contributed by atoms with Crippen LogP contribution in [0, 0.1) is 0 Å². The van der Waals surface area contributed by atoms with Crippen LogP contribution in [-0.4, -0.2) is 65.4 Å². The zero-order chi connectivity index (χ0) is 26.2. The van der Waals surface area contributed by atoms with Crippen LogP contribution in [0.2, 0.25) is 0 Å². The number of hydrogen-bond acceptors (Lipinski definition) is 6. The minimum Gasteiger partial charge on any atom is -0.359 e. The summed E-state index contributed by atoms with van der Waals surface area (Å²) < 4.78 is 0. The summed E-state index contributed by atoms with van der Waals surface area (Å²) in [7, 11) is 0. The zero-order valence-electron chi connectivity index (χ0n) is 21.9. The van der Waals surface area contributed by atoms with Gasteiger partial charge in [0.25, 0.3) is 5.91 Å². The van der Waals surface area contributed by atoms with E-state index in [9.17, 15) is 9.59 Å². The lowest BCUT2D eigenvalue weighted by molar-refractivity contribution is -0.123. The molecular weight excluding hydrogens is 494 g/mol. The first kappa shape index (κ1) is 26.4. The molecule has 2 aromatic carbocycles. The molecule has 2 N–H and O–H groups in total. The highest BCUT2D eigenvalue weighted by atomic mass is 32.1. The van der Waals surface area contributed by atoms with Crippen molar-refractivity contribution < 1.29 is 9.59 Å². The average Bonchev–Trinajstić information content (AvgIpc) is 3.43. The number of anilines is 1. The standard InChI is InChI=1S/C30H37N5O2S/c36-28(32-26(24-12-6-2-7-13-24)20-23-10-4-1-5-11-23)21-34-16-18-35(19-17-34)29(37)27-22-38-30(33-27)31-25-14-8-3-9-15-25/h1-2,4-7,10-13,22,25-26H,3,8-9,14-21H2,(H,31,33)(H,32,36). The fourth-order valence-corrected chi connectivity index (χ4v) is 6.12. The molecular formula is C30H37N5O2S. The van der Waals surface area contributed by atoms with E-state index in [1.807, 2.05) is 46.7 Å². The molecule has 0 bridgehead atoms. The van der Waals surface area contributed by atoms with Crippen LogP contribution in [0.1, 0.15) is 59.8 Å². The number of nitrogens with zero attached hydrogens (tertiary/aromatic N) is 3. The first-order valence-corrected chi connectivity index (χ1v) is 14.6. The molecule has 1 unspecified atom stereocenters. The Bertz CT molecular complexity index is 1170. The lowest BCUT2D eigenvalue weighted by Crippen LogP contribution is -2.51. The fraction of sp³-hybridized carbons (Fsp3) is 0.433. The van der Waals surface area contributed by atoms with Crippen LogP contribution in [0.4, 0.5) is 5.13 Å². The number of rotatable bonds is 9. The second kappa shape index (κ2) is 13.0. The van der Waals surface area contributed by atoms with Gasteiger partial charge in [0, 0.05) is 37.6 Å². The number of thiazole rings is 1. The molecule has 2 amide bonds. The van der Waals surface area contributed by atoms with Crippen LogP contribution in [0.25, 0.3) is 0 Å². The number of nitrogens with one attached hydrogen (secondary N) is 2. The monoisotopic (exact) mass is 531 g/mol. The van der Waals surface area contributed by atoms with Gasteiger partial charge in [-0.1, -0.05) is 79.9 Å². The Morgan fingerprint density at radius 1 is 0.921 bits per heavy atom. The average molecular weight is 532 g/mol. The molecule has 1 aromatic heterocycles. The Balaban J connectivity index is 1.11. The van der Waals surface area contributed by atoms with Crippen molar-refractivity contribution in [3.63, 3.8) is 0 Å². The normalized spacial score (nSPS) is 17.6. The molecule has 3 aromatic rings. The highest BCUT2D eigenvalue weighted by Gasteiger charge is 2.26. The molecule has 200 valence electrons. The first-order chi connectivity index (χ1) is 18.6. The van der Waals surface area contributed by atoms with Gasteiger partial charge in [0.05, 0.1) is 12.6 Å². The van der Waals surface area contributed by atoms with Crippen LogP contribution in [0.5, 0.6) is 0 Å². The number of aromatic nitrogens is 1. The van der Waals surface area contributed by atoms with Crippen LogP contribution >= 0.6 is 11.3 Å². The molecule has 38 heavy (non-hydrogen) atoms. The number of benzene rings is 2. The van der Waals surface area contributed by atoms with Crippen LogP contribution in [-0.2, 0) is 11.2 Å². The minimum atomic E-state index is -0.0879. The molecule has 0 radical (unpaired) electrons. The molecule has 7 nitrogen and oxygen atoms in total. The van der Waals surface area contributed by atoms with Crippen LogP contribution < -0.4 is 10.6 Å². The molecule has 1 atom stereocenters. The molecule has 2 heterocycles. The maximum Gasteiger partial charge on any atom is 0.273 e. The van der Waals surface area contributed by atoms with Crippen molar-refractivity contribution in [2.45, 2.75) is 50.6 Å². The molecule has 1 aliphatic carbocycles. The summed E-state index contributed by atoms with van der Waals surface area (Å²) in [6.07, 6.45) is 6.93. The van der Waals surface area contributed by atoms with E-state index in [1.54, 1.807) is 0 Å². The van der Waals surface area contributed by atoms with E-state index in [-0.39, 0.29) is 17.9 Å². The van der Waals surface area contributed by atoms with Crippen molar-refractivity contribution in [2.24, 2.45) is 0 Å². The molecule has 0 spiro atoms. The second-order valence-corrected chi connectivity index (χ2v) is 11.2. The number of carbonyl (C=O) groups excluding carboxylic acids is 2. The van der Waals surface area contributed by atoms with E-state index in [0.717, 1.165) is 17.1 Å². The number of carbonyl (C=O) groups is 2. The van der Waals surface area contributed by atoms with E-state index >= 15 is 0 Å². The number of piperazine rings is 1. The van der Waals surface area contributed by atoms with E-state index < -0.39 is 0 Å². The highest BCUT2D eigenvalue weighted by molar-refractivity contribution is 7.13. The molecule has 1 aliphatic heterocycles. The summed E-state index contributed by atoms with van der Waals surface area (Å²) in [4.78, 5) is 34.7. The fourth-order valence-electron chi connectivity index (χ4n) is 5.36. The second-order valence-electron chi connectivity index (χ2n) is 10.3. The van der Waals surface area contributed by atoms with E-state index in [2.05, 4.69) is 44.8 Å². The predicted molar refractivity (Wildman–Crippen MR) is 152 cm³/mol. The van der Waals surface area contributed by atoms with E-state index in [1.165, 1.54) is 49.0 Å².